The molecule has 31 heavy (non-hydrogen) atoms. The van der Waals surface area contributed by atoms with E-state index in [0.717, 1.165) is 16.8 Å². The van der Waals surface area contributed by atoms with Gasteiger partial charge in [0.05, 0.1) is 19.4 Å². The van der Waals surface area contributed by atoms with E-state index in [9.17, 15) is 14.7 Å². The number of hydrogen-bond acceptors (Lipinski definition) is 6. The van der Waals surface area contributed by atoms with Crippen molar-refractivity contribution >= 4 is 17.7 Å². The first-order valence-corrected chi connectivity index (χ1v) is 10.1. The first-order valence-electron chi connectivity index (χ1n) is 10.1. The predicted octanol–water partition coefficient (Wildman–Crippen LogP) is 2.69. The van der Waals surface area contributed by atoms with Gasteiger partial charge in [-0.25, -0.2) is 9.80 Å². The molecule has 2 N–H and O–H groups in total. The largest absolute Gasteiger partial charge is 0.493 e. The van der Waals surface area contributed by atoms with E-state index in [4.69, 9.17) is 9.47 Å². The maximum Gasteiger partial charge on any atom is 0.405 e. The number of nitrogens with one attached hydrogen (secondary N) is 1. The lowest BCUT2D eigenvalue weighted by Gasteiger charge is -2.27. The average Bonchev–Trinajstić information content (AvgIpc) is 2.79. The number of hydrogen-bond donors (Lipinski definition) is 2. The molecule has 0 bridgehead atoms. The Kier molecular flexibility index (Phi) is 7.42. The van der Waals surface area contributed by atoms with Gasteiger partial charge in [-0.3, -0.25) is 9.78 Å². The van der Waals surface area contributed by atoms with Gasteiger partial charge in [0.1, 0.15) is 6.04 Å². The molecule has 2 aromatic rings. The molecule has 1 unspecified atom stereocenters. The van der Waals surface area contributed by atoms with E-state index in [-0.39, 0.29) is 6.42 Å². The normalized spacial score (nSPS) is 14.4. The van der Waals surface area contributed by atoms with Crippen molar-refractivity contribution in [2.24, 2.45) is 5.10 Å². The van der Waals surface area contributed by atoms with E-state index in [1.54, 1.807) is 37.7 Å². The van der Waals surface area contributed by atoms with Crippen LogP contribution in [0.15, 0.2) is 47.8 Å². The fourth-order valence-corrected chi connectivity index (χ4v) is 3.41. The van der Waals surface area contributed by atoms with Crippen molar-refractivity contribution in [3.05, 3.63) is 53.9 Å². The minimum absolute atomic E-state index is 0.192. The molecule has 2 amide bonds. The number of methoxy groups -OCH3 is 1. The van der Waals surface area contributed by atoms with Crippen LogP contribution in [-0.4, -0.2) is 59.1 Å². The van der Waals surface area contributed by atoms with Crippen molar-refractivity contribution in [1.29, 1.82) is 0 Å². The molecular formula is C22H26N4O5. The van der Waals surface area contributed by atoms with Gasteiger partial charge < -0.3 is 19.9 Å². The summed E-state index contributed by atoms with van der Waals surface area (Å²) in [6.45, 7) is 2.80. The summed E-state index contributed by atoms with van der Waals surface area (Å²) in [6.07, 6.45) is 3.57. The Labute approximate surface area is 180 Å². The lowest BCUT2D eigenvalue weighted by atomic mass is 10.0. The number of benzene rings is 1. The zero-order valence-electron chi connectivity index (χ0n) is 17.6. The van der Waals surface area contributed by atoms with Crippen molar-refractivity contribution in [3.8, 4) is 11.5 Å². The third-order valence-corrected chi connectivity index (χ3v) is 4.83. The van der Waals surface area contributed by atoms with Crippen LogP contribution in [0.5, 0.6) is 11.5 Å². The average molecular weight is 426 g/mol. The van der Waals surface area contributed by atoms with E-state index in [1.165, 1.54) is 5.01 Å². The smallest absolute Gasteiger partial charge is 0.405 e. The molecule has 9 heteroatoms. The molecule has 0 radical (unpaired) electrons. The molecule has 1 aromatic carbocycles. The Morgan fingerprint density at radius 2 is 2.13 bits per heavy atom. The highest BCUT2D eigenvalue weighted by atomic mass is 16.5. The summed E-state index contributed by atoms with van der Waals surface area (Å²) in [5, 5.41) is 17.4. The summed E-state index contributed by atoms with van der Waals surface area (Å²) in [5.41, 5.74) is 2.32. The number of carbonyl (C=O) groups is 2. The van der Waals surface area contributed by atoms with Crippen molar-refractivity contribution in [2.75, 3.05) is 20.3 Å². The Bertz CT molecular complexity index is 948. The number of aromatic nitrogens is 1. The van der Waals surface area contributed by atoms with Crippen LogP contribution in [0.4, 0.5) is 4.79 Å². The number of hydrazone groups is 1. The van der Waals surface area contributed by atoms with Gasteiger partial charge in [-0.1, -0.05) is 6.07 Å². The van der Waals surface area contributed by atoms with E-state index in [0.29, 0.717) is 37.5 Å². The van der Waals surface area contributed by atoms with Gasteiger partial charge in [-0.05, 0) is 49.6 Å². The summed E-state index contributed by atoms with van der Waals surface area (Å²) >= 11 is 0. The second-order valence-corrected chi connectivity index (χ2v) is 6.98. The summed E-state index contributed by atoms with van der Waals surface area (Å²) in [4.78, 5) is 28.4. The van der Waals surface area contributed by atoms with Crippen LogP contribution >= 0.6 is 0 Å². The third kappa shape index (κ3) is 5.71. The molecule has 0 saturated heterocycles. The van der Waals surface area contributed by atoms with E-state index in [1.807, 2.05) is 19.1 Å². The lowest BCUT2D eigenvalue weighted by molar-refractivity contribution is -0.133. The number of carbonyl (C=O) groups excluding carboxylic acids is 1. The van der Waals surface area contributed by atoms with Crippen LogP contribution < -0.4 is 14.8 Å². The number of ether oxygens (including phenoxy) is 2. The van der Waals surface area contributed by atoms with Gasteiger partial charge in [-0.15, -0.1) is 0 Å². The zero-order valence-corrected chi connectivity index (χ0v) is 17.6. The first-order chi connectivity index (χ1) is 15.0. The third-order valence-electron chi connectivity index (χ3n) is 4.83. The summed E-state index contributed by atoms with van der Waals surface area (Å²) in [5.74, 6) is 0.828. The monoisotopic (exact) mass is 426 g/mol. The van der Waals surface area contributed by atoms with Gasteiger partial charge in [0.25, 0.3) is 5.91 Å². The summed E-state index contributed by atoms with van der Waals surface area (Å²) in [7, 11) is 1.58. The lowest BCUT2D eigenvalue weighted by Crippen LogP contribution is -2.49. The van der Waals surface area contributed by atoms with Gasteiger partial charge in [0, 0.05) is 30.9 Å². The number of pyridine rings is 1. The second-order valence-electron chi connectivity index (χ2n) is 6.98. The maximum atomic E-state index is 13.1. The molecule has 1 aromatic heterocycles. The van der Waals surface area contributed by atoms with Crippen molar-refractivity contribution in [3.63, 3.8) is 0 Å². The molecule has 9 nitrogen and oxygen atoms in total. The molecule has 164 valence electrons. The Balaban J connectivity index is 1.84. The topological polar surface area (TPSA) is 113 Å². The maximum absolute atomic E-state index is 13.1. The van der Waals surface area contributed by atoms with Crippen molar-refractivity contribution in [1.82, 2.24) is 15.3 Å². The Hall–Kier alpha value is -3.62. The van der Waals surface area contributed by atoms with Crippen molar-refractivity contribution in [2.45, 2.75) is 32.2 Å². The number of amides is 2. The minimum atomic E-state index is -1.26. The molecule has 0 saturated carbocycles. The Morgan fingerprint density at radius 3 is 2.81 bits per heavy atom. The molecule has 1 aliphatic heterocycles. The summed E-state index contributed by atoms with van der Waals surface area (Å²) in [6, 6.07) is 8.11. The van der Waals surface area contributed by atoms with Crippen LogP contribution in [0.2, 0.25) is 0 Å². The molecule has 1 aliphatic rings. The predicted molar refractivity (Wildman–Crippen MR) is 115 cm³/mol. The molecule has 0 fully saturated rings. The molecule has 0 aliphatic carbocycles. The minimum Gasteiger partial charge on any atom is -0.493 e. The molecule has 0 spiro atoms. The highest BCUT2D eigenvalue weighted by Crippen LogP contribution is 2.29. The van der Waals surface area contributed by atoms with E-state index < -0.39 is 18.0 Å². The van der Waals surface area contributed by atoms with Gasteiger partial charge in [-0.2, -0.15) is 5.10 Å². The standard InChI is InChI=1S/C22H26N4O5/c1-3-31-20-13-16(8-9-19(20)30-2)17-7-5-11-26(25-17)21(27)18(24-22(28)29)12-15-6-4-10-23-14-15/h4,6,8-10,13-14,18,24H,3,5,7,11-12H2,1-2H3,(H,28,29). The van der Waals surface area contributed by atoms with Crippen LogP contribution in [0, 0.1) is 0 Å². The van der Waals surface area contributed by atoms with Gasteiger partial charge >= 0.3 is 6.09 Å². The van der Waals surface area contributed by atoms with E-state index in [2.05, 4.69) is 15.4 Å². The quantitative estimate of drug-likeness (QED) is 0.671. The Morgan fingerprint density at radius 1 is 1.29 bits per heavy atom. The summed E-state index contributed by atoms with van der Waals surface area (Å²) < 4.78 is 11.0. The fraction of sp³-hybridized carbons (Fsp3) is 0.364. The highest BCUT2D eigenvalue weighted by molar-refractivity contribution is 6.02. The van der Waals surface area contributed by atoms with Crippen molar-refractivity contribution < 1.29 is 24.2 Å². The number of nitrogens with zero attached hydrogens (tertiary/aromatic N) is 3. The highest BCUT2D eigenvalue weighted by Gasteiger charge is 2.28. The molecule has 2 heterocycles. The fourth-order valence-electron chi connectivity index (χ4n) is 3.41. The number of rotatable bonds is 8. The second kappa shape index (κ2) is 10.4. The molecule has 1 atom stereocenters. The van der Waals surface area contributed by atoms with Crippen LogP contribution in [0.25, 0.3) is 0 Å². The van der Waals surface area contributed by atoms with Crippen LogP contribution in [-0.2, 0) is 11.2 Å². The van der Waals surface area contributed by atoms with Gasteiger partial charge in [0.2, 0.25) is 0 Å². The molecule has 3 rings (SSSR count). The SMILES string of the molecule is CCOc1cc(C2=NN(C(=O)C(Cc3cccnc3)NC(=O)O)CCC2)ccc1OC. The van der Waals surface area contributed by atoms with Crippen LogP contribution in [0.3, 0.4) is 0 Å². The van der Waals surface area contributed by atoms with E-state index >= 15 is 0 Å². The first kappa shape index (κ1) is 22.1. The number of carboxylic acid groups (broad SMARTS) is 1. The molecular weight excluding hydrogens is 400 g/mol. The zero-order chi connectivity index (χ0) is 22.2. The van der Waals surface area contributed by atoms with Crippen LogP contribution in [0.1, 0.15) is 30.9 Å². The van der Waals surface area contributed by atoms with Gasteiger partial charge in [0.15, 0.2) is 11.5 Å².